The van der Waals surface area contributed by atoms with E-state index in [-0.39, 0.29) is 5.56 Å². The number of imidazole rings is 1. The zero-order chi connectivity index (χ0) is 16.7. The fourth-order valence-corrected chi connectivity index (χ4v) is 2.48. The number of nitrogen functional groups attached to an aromatic ring is 1. The molecule has 0 atom stereocenters. The van der Waals surface area contributed by atoms with E-state index in [9.17, 15) is 4.79 Å². The van der Waals surface area contributed by atoms with E-state index in [2.05, 4.69) is 20.7 Å². The van der Waals surface area contributed by atoms with Gasteiger partial charge in [-0.2, -0.15) is 4.52 Å². The predicted molar refractivity (Wildman–Crippen MR) is 90.7 cm³/mol. The van der Waals surface area contributed by atoms with E-state index in [1.165, 1.54) is 6.07 Å². The molecule has 0 amide bonds. The number of nitrogens with two attached hydrogens (primary N) is 1. The van der Waals surface area contributed by atoms with E-state index in [0.717, 1.165) is 18.5 Å². The number of rotatable bonds is 5. The molecular formula is C16H16N6O2. The molecule has 0 spiro atoms. The predicted octanol–water partition coefficient (Wildman–Crippen LogP) is 2.33. The molecule has 0 unspecified atom stereocenters. The number of aromatic nitrogens is 3. The first kappa shape index (κ1) is 14.3. The molecule has 1 aliphatic carbocycles. The van der Waals surface area contributed by atoms with Gasteiger partial charge >= 0.3 is 5.97 Å². The highest BCUT2D eigenvalue weighted by Crippen LogP contribution is 2.29. The number of nitrogens with zero attached hydrogens (tertiary/aromatic N) is 3. The number of carboxylic acid groups (broad SMARTS) is 1. The SMILES string of the molecule is Nc1cnc2c(NC3CC3)cc(Nc3cccc(C(=O)O)c3)nn12. The summed E-state index contributed by atoms with van der Waals surface area (Å²) in [7, 11) is 0. The minimum atomic E-state index is -0.975. The molecule has 2 heterocycles. The van der Waals surface area contributed by atoms with Crippen molar-refractivity contribution in [2.75, 3.05) is 16.4 Å². The summed E-state index contributed by atoms with van der Waals surface area (Å²) in [4.78, 5) is 15.4. The van der Waals surface area contributed by atoms with Gasteiger partial charge in [0.2, 0.25) is 0 Å². The summed E-state index contributed by atoms with van der Waals surface area (Å²) in [6.07, 6.45) is 3.83. The topological polar surface area (TPSA) is 118 Å². The maximum Gasteiger partial charge on any atom is 0.335 e. The van der Waals surface area contributed by atoms with Crippen LogP contribution in [0.3, 0.4) is 0 Å². The van der Waals surface area contributed by atoms with Gasteiger partial charge < -0.3 is 21.5 Å². The number of benzene rings is 1. The second kappa shape index (κ2) is 5.41. The van der Waals surface area contributed by atoms with Crippen LogP contribution in [0.15, 0.2) is 36.5 Å². The molecule has 1 fully saturated rings. The standard InChI is InChI=1S/C16H16N6O2/c17-13-8-18-15-12(19-10-4-5-10)7-14(21-22(13)15)20-11-3-1-2-9(6-11)16(23)24/h1-3,6-8,10,19H,4-5,17H2,(H,20,21)(H,23,24). The molecule has 4 rings (SSSR count). The lowest BCUT2D eigenvalue weighted by molar-refractivity contribution is 0.0697. The van der Waals surface area contributed by atoms with Crippen LogP contribution in [0.4, 0.5) is 23.0 Å². The Morgan fingerprint density at radius 1 is 1.33 bits per heavy atom. The molecule has 24 heavy (non-hydrogen) atoms. The van der Waals surface area contributed by atoms with Crippen molar-refractivity contribution in [3.63, 3.8) is 0 Å². The molecule has 0 radical (unpaired) electrons. The van der Waals surface area contributed by atoms with Crippen molar-refractivity contribution < 1.29 is 9.90 Å². The lowest BCUT2D eigenvalue weighted by atomic mass is 10.2. The van der Waals surface area contributed by atoms with Gasteiger partial charge in [-0.05, 0) is 31.0 Å². The summed E-state index contributed by atoms with van der Waals surface area (Å²) in [5.41, 5.74) is 8.29. The van der Waals surface area contributed by atoms with Gasteiger partial charge in [0.1, 0.15) is 5.82 Å². The van der Waals surface area contributed by atoms with Gasteiger partial charge in [0.25, 0.3) is 0 Å². The van der Waals surface area contributed by atoms with E-state index in [1.807, 2.05) is 6.07 Å². The average Bonchev–Trinajstić information content (AvgIpc) is 3.30. The zero-order valence-corrected chi connectivity index (χ0v) is 12.7. The summed E-state index contributed by atoms with van der Waals surface area (Å²) >= 11 is 0. The third-order valence-electron chi connectivity index (χ3n) is 3.81. The van der Waals surface area contributed by atoms with Gasteiger partial charge in [0, 0.05) is 17.8 Å². The molecular weight excluding hydrogens is 308 g/mol. The number of carbonyl (C=O) groups is 1. The van der Waals surface area contributed by atoms with Gasteiger partial charge in [0.05, 0.1) is 17.4 Å². The summed E-state index contributed by atoms with van der Waals surface area (Å²) in [6, 6.07) is 8.87. The maximum atomic E-state index is 11.1. The van der Waals surface area contributed by atoms with Crippen LogP contribution in [0.25, 0.3) is 5.65 Å². The number of anilines is 4. The molecule has 0 bridgehead atoms. The van der Waals surface area contributed by atoms with Crippen LogP contribution in [0.2, 0.25) is 0 Å². The van der Waals surface area contributed by atoms with Gasteiger partial charge in [-0.15, -0.1) is 5.10 Å². The molecule has 122 valence electrons. The first-order valence-corrected chi connectivity index (χ1v) is 7.61. The van der Waals surface area contributed by atoms with Crippen LogP contribution in [0.5, 0.6) is 0 Å². The summed E-state index contributed by atoms with van der Waals surface area (Å²) in [6.45, 7) is 0. The Morgan fingerprint density at radius 3 is 2.92 bits per heavy atom. The minimum Gasteiger partial charge on any atom is -0.478 e. The van der Waals surface area contributed by atoms with Crippen molar-refractivity contribution >= 4 is 34.6 Å². The van der Waals surface area contributed by atoms with E-state index in [4.69, 9.17) is 10.8 Å². The average molecular weight is 324 g/mol. The Kier molecular flexibility index (Phi) is 3.23. The minimum absolute atomic E-state index is 0.208. The van der Waals surface area contributed by atoms with Crippen LogP contribution < -0.4 is 16.4 Å². The maximum absolute atomic E-state index is 11.1. The highest BCUT2D eigenvalue weighted by atomic mass is 16.4. The number of fused-ring (bicyclic) bond motifs is 1. The molecule has 1 saturated carbocycles. The largest absolute Gasteiger partial charge is 0.478 e. The number of hydrogen-bond acceptors (Lipinski definition) is 6. The molecule has 3 aromatic rings. The Morgan fingerprint density at radius 2 is 2.17 bits per heavy atom. The molecule has 1 aromatic carbocycles. The molecule has 0 saturated heterocycles. The Balaban J connectivity index is 1.71. The van der Waals surface area contributed by atoms with Crippen molar-refractivity contribution in [1.82, 2.24) is 14.6 Å². The number of nitrogens with one attached hydrogen (secondary N) is 2. The summed E-state index contributed by atoms with van der Waals surface area (Å²) in [5, 5.41) is 20.1. The smallest absolute Gasteiger partial charge is 0.335 e. The van der Waals surface area contributed by atoms with Crippen molar-refractivity contribution in [2.24, 2.45) is 0 Å². The molecule has 5 N–H and O–H groups in total. The first-order valence-electron chi connectivity index (χ1n) is 7.61. The third-order valence-corrected chi connectivity index (χ3v) is 3.81. The number of aromatic carboxylic acids is 1. The molecule has 1 aliphatic rings. The van der Waals surface area contributed by atoms with Crippen LogP contribution in [0, 0.1) is 0 Å². The van der Waals surface area contributed by atoms with Crippen molar-refractivity contribution in [3.05, 3.63) is 42.1 Å². The fourth-order valence-electron chi connectivity index (χ4n) is 2.48. The Bertz CT molecular complexity index is 931. The summed E-state index contributed by atoms with van der Waals surface area (Å²) in [5.74, 6) is 0.0154. The first-order chi connectivity index (χ1) is 11.6. The second-order valence-corrected chi connectivity index (χ2v) is 5.79. The Hall–Kier alpha value is -3.29. The van der Waals surface area contributed by atoms with Gasteiger partial charge in [0.15, 0.2) is 11.5 Å². The second-order valence-electron chi connectivity index (χ2n) is 5.79. The van der Waals surface area contributed by atoms with Gasteiger partial charge in [-0.1, -0.05) is 6.07 Å². The van der Waals surface area contributed by atoms with E-state index in [0.29, 0.717) is 29.0 Å². The van der Waals surface area contributed by atoms with E-state index >= 15 is 0 Å². The van der Waals surface area contributed by atoms with Crippen LogP contribution in [-0.2, 0) is 0 Å². The van der Waals surface area contributed by atoms with Crippen LogP contribution >= 0.6 is 0 Å². The summed E-state index contributed by atoms with van der Waals surface area (Å²) < 4.78 is 1.56. The quantitative estimate of drug-likeness (QED) is 0.569. The van der Waals surface area contributed by atoms with Crippen LogP contribution in [0.1, 0.15) is 23.2 Å². The highest BCUT2D eigenvalue weighted by Gasteiger charge is 2.23. The van der Waals surface area contributed by atoms with Crippen molar-refractivity contribution in [1.29, 1.82) is 0 Å². The molecule has 8 heteroatoms. The highest BCUT2D eigenvalue weighted by molar-refractivity contribution is 5.89. The number of hydrogen-bond donors (Lipinski definition) is 4. The number of carboxylic acids is 1. The third kappa shape index (κ3) is 2.69. The lowest BCUT2D eigenvalue weighted by Gasteiger charge is -2.11. The molecule has 2 aromatic heterocycles. The van der Waals surface area contributed by atoms with Crippen molar-refractivity contribution in [2.45, 2.75) is 18.9 Å². The van der Waals surface area contributed by atoms with E-state index < -0.39 is 5.97 Å². The van der Waals surface area contributed by atoms with Gasteiger partial charge in [-0.3, -0.25) is 0 Å². The normalized spacial score (nSPS) is 13.8. The van der Waals surface area contributed by atoms with Crippen molar-refractivity contribution in [3.8, 4) is 0 Å². The van der Waals surface area contributed by atoms with Gasteiger partial charge in [-0.25, -0.2) is 9.78 Å². The van der Waals surface area contributed by atoms with Crippen LogP contribution in [-0.4, -0.2) is 31.7 Å². The lowest BCUT2D eigenvalue weighted by Crippen LogP contribution is -2.08. The Labute approximate surface area is 137 Å². The zero-order valence-electron chi connectivity index (χ0n) is 12.7. The monoisotopic (exact) mass is 324 g/mol. The molecule has 8 nitrogen and oxygen atoms in total. The van der Waals surface area contributed by atoms with E-state index in [1.54, 1.807) is 28.9 Å². The fraction of sp³-hybridized carbons (Fsp3) is 0.188. The molecule has 0 aliphatic heterocycles.